The maximum atomic E-state index is 11.9. The van der Waals surface area contributed by atoms with E-state index in [-0.39, 0.29) is 18.3 Å². The average molecular weight is 290 g/mol. The molecule has 0 aromatic carbocycles. The van der Waals surface area contributed by atoms with Crippen LogP contribution in [0.15, 0.2) is 0 Å². The number of nitrogens with zero attached hydrogens (tertiary/aromatic N) is 2. The van der Waals surface area contributed by atoms with Crippen LogP contribution in [0.25, 0.3) is 0 Å². The Labute approximate surface area is 123 Å². The summed E-state index contributed by atoms with van der Waals surface area (Å²) in [5, 5.41) is 3.46. The van der Waals surface area contributed by atoms with E-state index in [0.717, 1.165) is 39.0 Å². The minimum absolute atomic E-state index is 0. The molecule has 0 bridgehead atoms. The van der Waals surface area contributed by atoms with Crippen molar-refractivity contribution < 1.29 is 4.79 Å². The Morgan fingerprint density at radius 3 is 2.47 bits per heavy atom. The molecule has 2 aliphatic rings. The molecule has 19 heavy (non-hydrogen) atoms. The highest BCUT2D eigenvalue weighted by atomic mass is 35.5. The van der Waals surface area contributed by atoms with E-state index in [1.807, 2.05) is 14.1 Å². The van der Waals surface area contributed by atoms with Crippen molar-refractivity contribution in [3.8, 4) is 0 Å². The van der Waals surface area contributed by atoms with Crippen molar-refractivity contribution in [1.82, 2.24) is 15.1 Å². The first-order chi connectivity index (χ1) is 8.50. The van der Waals surface area contributed by atoms with Gasteiger partial charge in [0.2, 0.25) is 5.91 Å². The summed E-state index contributed by atoms with van der Waals surface area (Å²) in [6.45, 7) is 8.03. The van der Waals surface area contributed by atoms with Gasteiger partial charge < -0.3 is 15.1 Å². The number of halogens is 1. The number of likely N-dealkylation sites (tertiary alicyclic amines) is 1. The minimum atomic E-state index is 0. The van der Waals surface area contributed by atoms with Crippen molar-refractivity contribution in [1.29, 1.82) is 0 Å². The zero-order chi connectivity index (χ0) is 13.2. The summed E-state index contributed by atoms with van der Waals surface area (Å²) in [6, 6.07) is 0. The van der Waals surface area contributed by atoms with E-state index in [0.29, 0.717) is 11.3 Å². The molecule has 1 N–H and O–H groups in total. The molecular weight excluding hydrogens is 262 g/mol. The van der Waals surface area contributed by atoms with Crippen molar-refractivity contribution in [2.75, 3.05) is 46.8 Å². The van der Waals surface area contributed by atoms with Gasteiger partial charge in [0.05, 0.1) is 0 Å². The molecule has 0 saturated carbocycles. The van der Waals surface area contributed by atoms with Crippen molar-refractivity contribution in [2.24, 2.45) is 11.3 Å². The molecule has 2 rings (SSSR count). The summed E-state index contributed by atoms with van der Waals surface area (Å²) in [6.07, 6.45) is 3.34. The average Bonchev–Trinajstić information content (AvgIpc) is 2.76. The molecule has 112 valence electrons. The molecule has 2 fully saturated rings. The lowest BCUT2D eigenvalue weighted by atomic mass is 9.87. The highest BCUT2D eigenvalue weighted by Crippen LogP contribution is 2.28. The summed E-state index contributed by atoms with van der Waals surface area (Å²) in [5.74, 6) is 0.564. The van der Waals surface area contributed by atoms with Gasteiger partial charge >= 0.3 is 0 Å². The molecule has 0 spiro atoms. The molecule has 1 atom stereocenters. The third kappa shape index (κ3) is 4.33. The summed E-state index contributed by atoms with van der Waals surface area (Å²) >= 11 is 0. The van der Waals surface area contributed by atoms with Gasteiger partial charge in [-0.2, -0.15) is 0 Å². The topological polar surface area (TPSA) is 35.6 Å². The normalized spacial score (nSPS) is 29.0. The monoisotopic (exact) mass is 289 g/mol. The number of carbonyl (C=O) groups is 1. The Morgan fingerprint density at radius 2 is 2.00 bits per heavy atom. The zero-order valence-electron chi connectivity index (χ0n) is 12.4. The molecule has 0 aliphatic carbocycles. The second-order valence-corrected chi connectivity index (χ2v) is 6.52. The molecule has 2 aliphatic heterocycles. The predicted molar refractivity (Wildman–Crippen MR) is 80.7 cm³/mol. The summed E-state index contributed by atoms with van der Waals surface area (Å²) in [7, 11) is 3.72. The summed E-state index contributed by atoms with van der Waals surface area (Å²) in [4.78, 5) is 16.2. The molecule has 0 aromatic rings. The number of hydrogen-bond donors (Lipinski definition) is 1. The Morgan fingerprint density at radius 1 is 1.37 bits per heavy atom. The number of rotatable bonds is 3. The fourth-order valence-electron chi connectivity index (χ4n) is 3.25. The van der Waals surface area contributed by atoms with Crippen LogP contribution in [0, 0.1) is 11.3 Å². The first kappa shape index (κ1) is 16.7. The van der Waals surface area contributed by atoms with Crippen LogP contribution < -0.4 is 5.32 Å². The van der Waals surface area contributed by atoms with Crippen LogP contribution >= 0.6 is 12.4 Å². The van der Waals surface area contributed by atoms with Gasteiger partial charge in [0, 0.05) is 33.1 Å². The van der Waals surface area contributed by atoms with Gasteiger partial charge in [-0.25, -0.2) is 0 Å². The maximum absolute atomic E-state index is 11.9. The molecule has 1 amide bonds. The zero-order valence-corrected chi connectivity index (χ0v) is 13.3. The van der Waals surface area contributed by atoms with E-state index in [2.05, 4.69) is 17.1 Å². The van der Waals surface area contributed by atoms with Crippen LogP contribution in [-0.4, -0.2) is 62.5 Å². The quantitative estimate of drug-likeness (QED) is 0.848. The SMILES string of the molecule is CN(C)C(=O)C1CCN(CC2(C)CCNC2)CC1.Cl. The molecule has 2 saturated heterocycles. The second kappa shape index (κ2) is 6.91. The molecule has 0 aromatic heterocycles. The number of carbonyl (C=O) groups excluding carboxylic acids is 1. The lowest BCUT2D eigenvalue weighted by Crippen LogP contribution is -2.44. The van der Waals surface area contributed by atoms with E-state index in [1.165, 1.54) is 13.0 Å². The van der Waals surface area contributed by atoms with Crippen LogP contribution in [-0.2, 0) is 4.79 Å². The van der Waals surface area contributed by atoms with Crippen LogP contribution in [0.2, 0.25) is 0 Å². The smallest absolute Gasteiger partial charge is 0.225 e. The Kier molecular flexibility index (Phi) is 6.09. The highest BCUT2D eigenvalue weighted by Gasteiger charge is 2.33. The van der Waals surface area contributed by atoms with Gasteiger partial charge in [0.15, 0.2) is 0 Å². The standard InChI is InChI=1S/C14H27N3O.ClH/c1-14(6-7-15-10-14)11-17-8-4-12(5-9-17)13(18)16(2)3;/h12,15H,4-11H2,1-3H3;1H. The number of nitrogens with one attached hydrogen (secondary N) is 1. The van der Waals surface area contributed by atoms with Gasteiger partial charge in [-0.1, -0.05) is 6.92 Å². The molecule has 1 unspecified atom stereocenters. The Balaban J connectivity index is 0.00000180. The fourth-order valence-corrected chi connectivity index (χ4v) is 3.25. The van der Waals surface area contributed by atoms with Gasteiger partial charge in [-0.15, -0.1) is 12.4 Å². The third-order valence-corrected chi connectivity index (χ3v) is 4.44. The molecule has 5 heteroatoms. The first-order valence-corrected chi connectivity index (χ1v) is 7.14. The van der Waals surface area contributed by atoms with E-state index in [4.69, 9.17) is 0 Å². The van der Waals surface area contributed by atoms with Gasteiger partial charge in [0.1, 0.15) is 0 Å². The van der Waals surface area contributed by atoms with Crippen LogP contribution in [0.3, 0.4) is 0 Å². The largest absolute Gasteiger partial charge is 0.349 e. The van der Waals surface area contributed by atoms with E-state index in [1.54, 1.807) is 4.90 Å². The maximum Gasteiger partial charge on any atom is 0.225 e. The molecule has 0 radical (unpaired) electrons. The Bertz CT molecular complexity index is 295. The lowest BCUT2D eigenvalue weighted by Gasteiger charge is -2.37. The van der Waals surface area contributed by atoms with Crippen LogP contribution in [0.1, 0.15) is 26.2 Å². The van der Waals surface area contributed by atoms with Gasteiger partial charge in [-0.05, 0) is 44.3 Å². The van der Waals surface area contributed by atoms with Crippen LogP contribution in [0.5, 0.6) is 0 Å². The molecular formula is C14H28ClN3O. The molecule has 2 heterocycles. The van der Waals surface area contributed by atoms with E-state index < -0.39 is 0 Å². The summed E-state index contributed by atoms with van der Waals surface area (Å²) < 4.78 is 0. The highest BCUT2D eigenvalue weighted by molar-refractivity contribution is 5.85. The van der Waals surface area contributed by atoms with Crippen LogP contribution in [0.4, 0.5) is 0 Å². The fraction of sp³-hybridized carbons (Fsp3) is 0.929. The van der Waals surface area contributed by atoms with Crippen molar-refractivity contribution in [3.63, 3.8) is 0 Å². The van der Waals surface area contributed by atoms with Gasteiger partial charge in [-0.3, -0.25) is 4.79 Å². The lowest BCUT2D eigenvalue weighted by molar-refractivity contribution is -0.134. The number of amides is 1. The number of piperidine rings is 1. The minimum Gasteiger partial charge on any atom is -0.349 e. The van der Waals surface area contributed by atoms with E-state index in [9.17, 15) is 4.79 Å². The second-order valence-electron chi connectivity index (χ2n) is 6.52. The predicted octanol–water partition coefficient (Wildman–Crippen LogP) is 1.21. The van der Waals surface area contributed by atoms with E-state index >= 15 is 0 Å². The molecule has 4 nitrogen and oxygen atoms in total. The van der Waals surface area contributed by atoms with Gasteiger partial charge in [0.25, 0.3) is 0 Å². The third-order valence-electron chi connectivity index (χ3n) is 4.44. The first-order valence-electron chi connectivity index (χ1n) is 7.14. The summed E-state index contributed by atoms with van der Waals surface area (Å²) in [5.41, 5.74) is 0.443. The Hall–Kier alpha value is -0.320. The van der Waals surface area contributed by atoms with Crippen molar-refractivity contribution in [2.45, 2.75) is 26.2 Å². The van der Waals surface area contributed by atoms with Crippen molar-refractivity contribution >= 4 is 18.3 Å². The van der Waals surface area contributed by atoms with Crippen molar-refractivity contribution in [3.05, 3.63) is 0 Å². The number of hydrogen-bond acceptors (Lipinski definition) is 3.